The number of carbonyl (C=O) groups is 1. The van der Waals surface area contributed by atoms with Gasteiger partial charge in [-0.1, -0.05) is 30.3 Å². The van der Waals surface area contributed by atoms with Gasteiger partial charge in [0.1, 0.15) is 11.7 Å². The summed E-state index contributed by atoms with van der Waals surface area (Å²) in [6.45, 7) is 0.131. The highest BCUT2D eigenvalue weighted by atomic mass is 16.7. The minimum atomic E-state index is -0.398. The molecule has 5 heteroatoms. The van der Waals surface area contributed by atoms with Crippen molar-refractivity contribution >= 4 is 5.97 Å². The van der Waals surface area contributed by atoms with Crippen LogP contribution in [0.4, 0.5) is 0 Å². The van der Waals surface area contributed by atoms with Crippen molar-refractivity contribution in [1.82, 2.24) is 0 Å². The van der Waals surface area contributed by atoms with Crippen LogP contribution in [0, 0.1) is 0 Å². The summed E-state index contributed by atoms with van der Waals surface area (Å²) in [6, 6.07) is 11.5. The first kappa shape index (κ1) is 13.0. The molecule has 1 unspecified atom stereocenters. The molecule has 0 spiro atoms. The number of rotatable bonds is 2. The van der Waals surface area contributed by atoms with Crippen LogP contribution in [0.1, 0.15) is 27.6 Å². The number of benzene rings is 2. The average molecular weight is 298 g/mol. The van der Waals surface area contributed by atoms with Crippen molar-refractivity contribution in [2.45, 2.75) is 12.5 Å². The Hall–Kier alpha value is -2.69. The molecule has 1 atom stereocenters. The molecule has 2 heterocycles. The Balaban J connectivity index is 1.80. The van der Waals surface area contributed by atoms with E-state index < -0.39 is 5.97 Å². The Bertz CT molecular complexity index is 738. The van der Waals surface area contributed by atoms with Crippen molar-refractivity contribution in [2.24, 2.45) is 0 Å². The third-order valence-corrected chi connectivity index (χ3v) is 3.94. The molecule has 112 valence electrons. The first-order valence-corrected chi connectivity index (χ1v) is 7.03. The third-order valence-electron chi connectivity index (χ3n) is 3.94. The molecular weight excluding hydrogens is 284 g/mol. The zero-order valence-electron chi connectivity index (χ0n) is 12.0. The third kappa shape index (κ3) is 1.89. The molecule has 4 rings (SSSR count). The number of ether oxygens (including phenoxy) is 4. The van der Waals surface area contributed by atoms with Crippen LogP contribution in [0.15, 0.2) is 36.4 Å². The van der Waals surface area contributed by atoms with Crippen LogP contribution in [-0.2, 0) is 11.2 Å². The van der Waals surface area contributed by atoms with E-state index in [0.717, 1.165) is 11.1 Å². The van der Waals surface area contributed by atoms with Gasteiger partial charge in [0.25, 0.3) is 0 Å². The first-order valence-electron chi connectivity index (χ1n) is 7.03. The predicted octanol–water partition coefficient (Wildman–Crippen LogP) is 2.88. The standard InChI is InChI=1S/C17H14O5/c1-19-16-14-11(8-13-15(16)21-9-20-13)7-12(22-17(14)18)10-5-3-2-4-6-10/h2-6,8,12H,7,9H2,1H3. The summed E-state index contributed by atoms with van der Waals surface area (Å²) in [7, 11) is 1.51. The molecule has 2 aliphatic heterocycles. The van der Waals surface area contributed by atoms with E-state index in [4.69, 9.17) is 18.9 Å². The highest BCUT2D eigenvalue weighted by molar-refractivity contribution is 5.97. The van der Waals surface area contributed by atoms with Crippen molar-refractivity contribution in [3.8, 4) is 17.2 Å². The van der Waals surface area contributed by atoms with Crippen molar-refractivity contribution in [2.75, 3.05) is 13.9 Å². The monoisotopic (exact) mass is 298 g/mol. The van der Waals surface area contributed by atoms with Gasteiger partial charge in [-0.3, -0.25) is 0 Å². The lowest BCUT2D eigenvalue weighted by molar-refractivity contribution is 0.0247. The zero-order valence-corrected chi connectivity index (χ0v) is 12.0. The van der Waals surface area contributed by atoms with Crippen LogP contribution < -0.4 is 14.2 Å². The summed E-state index contributed by atoms with van der Waals surface area (Å²) in [5.74, 6) is 1.07. The van der Waals surface area contributed by atoms with Gasteiger partial charge in [0.2, 0.25) is 12.5 Å². The summed E-state index contributed by atoms with van der Waals surface area (Å²) < 4.78 is 21.8. The number of esters is 1. The molecule has 0 radical (unpaired) electrons. The van der Waals surface area contributed by atoms with Crippen molar-refractivity contribution in [1.29, 1.82) is 0 Å². The van der Waals surface area contributed by atoms with Crippen LogP contribution in [0.2, 0.25) is 0 Å². The van der Waals surface area contributed by atoms with E-state index in [0.29, 0.717) is 29.2 Å². The fourth-order valence-corrected chi connectivity index (χ4v) is 2.93. The average Bonchev–Trinajstić information content (AvgIpc) is 3.01. The molecule has 0 N–H and O–H groups in total. The topological polar surface area (TPSA) is 54.0 Å². The second-order valence-corrected chi connectivity index (χ2v) is 5.19. The van der Waals surface area contributed by atoms with Crippen molar-refractivity contribution < 1.29 is 23.7 Å². The molecular formula is C17H14O5. The highest BCUT2D eigenvalue weighted by Gasteiger charge is 2.35. The van der Waals surface area contributed by atoms with Crippen molar-refractivity contribution in [3.63, 3.8) is 0 Å². The van der Waals surface area contributed by atoms with Crippen LogP contribution in [-0.4, -0.2) is 19.9 Å². The minimum Gasteiger partial charge on any atom is -0.492 e. The lowest BCUT2D eigenvalue weighted by Crippen LogP contribution is -2.22. The molecule has 2 aromatic carbocycles. The normalized spacial score (nSPS) is 18.6. The molecule has 5 nitrogen and oxygen atoms in total. The van der Waals surface area contributed by atoms with Gasteiger partial charge in [0.15, 0.2) is 11.5 Å². The minimum absolute atomic E-state index is 0.131. The summed E-state index contributed by atoms with van der Waals surface area (Å²) in [5, 5.41) is 0. The zero-order chi connectivity index (χ0) is 15.1. The van der Waals surface area contributed by atoms with E-state index in [1.54, 1.807) is 0 Å². The number of carbonyl (C=O) groups excluding carboxylic acids is 1. The molecule has 0 fully saturated rings. The Kier molecular flexibility index (Phi) is 2.92. The van der Waals surface area contributed by atoms with Gasteiger partial charge in [0, 0.05) is 6.42 Å². The maximum absolute atomic E-state index is 12.5. The Morgan fingerprint density at radius 2 is 2.00 bits per heavy atom. The number of methoxy groups -OCH3 is 1. The Morgan fingerprint density at radius 1 is 1.18 bits per heavy atom. The smallest absolute Gasteiger partial charge is 0.342 e. The lowest BCUT2D eigenvalue weighted by Gasteiger charge is -2.26. The second kappa shape index (κ2) is 4.94. The summed E-state index contributed by atoms with van der Waals surface area (Å²) in [6.07, 6.45) is 0.282. The van der Waals surface area contributed by atoms with Gasteiger partial charge >= 0.3 is 5.97 Å². The fraction of sp³-hybridized carbons (Fsp3) is 0.235. The van der Waals surface area contributed by atoms with E-state index in [9.17, 15) is 4.79 Å². The van der Waals surface area contributed by atoms with Gasteiger partial charge in [-0.05, 0) is 17.2 Å². The molecule has 0 saturated heterocycles. The van der Waals surface area contributed by atoms with E-state index in [1.165, 1.54) is 7.11 Å². The maximum Gasteiger partial charge on any atom is 0.342 e. The lowest BCUT2D eigenvalue weighted by atomic mass is 9.93. The van der Waals surface area contributed by atoms with Crippen LogP contribution in [0.5, 0.6) is 17.2 Å². The van der Waals surface area contributed by atoms with Gasteiger partial charge in [-0.15, -0.1) is 0 Å². The van der Waals surface area contributed by atoms with E-state index >= 15 is 0 Å². The first-order chi connectivity index (χ1) is 10.8. The molecule has 0 bridgehead atoms. The fourth-order valence-electron chi connectivity index (χ4n) is 2.93. The summed E-state index contributed by atoms with van der Waals surface area (Å²) >= 11 is 0. The number of fused-ring (bicyclic) bond motifs is 2. The highest BCUT2D eigenvalue weighted by Crippen LogP contribution is 2.47. The number of cyclic esters (lactones) is 1. The van der Waals surface area contributed by atoms with E-state index in [-0.39, 0.29) is 12.9 Å². The second-order valence-electron chi connectivity index (χ2n) is 5.19. The number of hydrogen-bond acceptors (Lipinski definition) is 5. The number of hydrogen-bond donors (Lipinski definition) is 0. The van der Waals surface area contributed by atoms with Gasteiger partial charge in [-0.25, -0.2) is 4.79 Å². The predicted molar refractivity (Wildman–Crippen MR) is 77.4 cm³/mol. The molecule has 0 saturated carbocycles. The SMILES string of the molecule is COc1c2c(cc3c1C(=O)OC(c1ccccc1)C3)OCO2. The van der Waals surface area contributed by atoms with Crippen LogP contribution >= 0.6 is 0 Å². The quantitative estimate of drug-likeness (QED) is 0.798. The van der Waals surface area contributed by atoms with Gasteiger partial charge in [0.05, 0.1) is 7.11 Å². The van der Waals surface area contributed by atoms with Gasteiger partial charge < -0.3 is 18.9 Å². The Morgan fingerprint density at radius 3 is 2.77 bits per heavy atom. The molecule has 22 heavy (non-hydrogen) atoms. The summed E-state index contributed by atoms with van der Waals surface area (Å²) in [5.41, 5.74) is 2.25. The van der Waals surface area contributed by atoms with E-state index in [2.05, 4.69) is 0 Å². The largest absolute Gasteiger partial charge is 0.492 e. The molecule has 2 aliphatic rings. The Labute approximate surface area is 127 Å². The molecule has 0 aromatic heterocycles. The molecule has 2 aromatic rings. The maximum atomic E-state index is 12.5. The molecule has 0 aliphatic carbocycles. The summed E-state index contributed by atoms with van der Waals surface area (Å²) in [4.78, 5) is 12.5. The van der Waals surface area contributed by atoms with E-state index in [1.807, 2.05) is 36.4 Å². The van der Waals surface area contributed by atoms with Crippen LogP contribution in [0.3, 0.4) is 0 Å². The molecule has 0 amide bonds. The van der Waals surface area contributed by atoms with Gasteiger partial charge in [-0.2, -0.15) is 0 Å². The van der Waals surface area contributed by atoms with Crippen molar-refractivity contribution in [3.05, 3.63) is 53.1 Å². The van der Waals surface area contributed by atoms with Crippen LogP contribution in [0.25, 0.3) is 0 Å².